The van der Waals surface area contributed by atoms with Crippen molar-refractivity contribution in [2.75, 3.05) is 49.3 Å². The first-order valence-electron chi connectivity index (χ1n) is 17.5. The van der Waals surface area contributed by atoms with E-state index in [4.69, 9.17) is 25.4 Å². The summed E-state index contributed by atoms with van der Waals surface area (Å²) < 4.78 is 133. The number of nitrogens with two attached hydrogens (primary N) is 1. The van der Waals surface area contributed by atoms with Crippen LogP contribution < -0.4 is 15.5 Å². The van der Waals surface area contributed by atoms with Crippen LogP contribution in [0.2, 0.25) is 0 Å². The number of ether oxygens (including phenoxy) is 2. The van der Waals surface area contributed by atoms with Gasteiger partial charge in [0.15, 0.2) is 0 Å². The third kappa shape index (κ3) is 11.2. The molecule has 1 amide bonds. The maximum absolute atomic E-state index is 13.7. The number of rotatable bonds is 11. The molecule has 0 spiro atoms. The van der Waals surface area contributed by atoms with E-state index in [9.17, 15) is 59.0 Å². The lowest BCUT2D eigenvalue weighted by atomic mass is 9.77. The van der Waals surface area contributed by atoms with E-state index in [1.165, 1.54) is 19.2 Å². The van der Waals surface area contributed by atoms with Crippen LogP contribution in [0.4, 0.5) is 55.7 Å². The number of carbonyl (C=O) groups is 3. The minimum Gasteiger partial charge on any atom is -0.481 e. The fraction of sp³-hybridized carbons (Fsp3) is 0.472. The molecule has 13 nitrogen and oxygen atoms in total. The number of anilines is 2. The van der Waals surface area contributed by atoms with E-state index in [2.05, 4.69) is 9.97 Å². The first-order valence-corrected chi connectivity index (χ1v) is 17.5. The lowest BCUT2D eigenvalue weighted by Gasteiger charge is -2.48. The highest BCUT2D eigenvalue weighted by Gasteiger charge is 2.50. The maximum atomic E-state index is 13.7. The van der Waals surface area contributed by atoms with E-state index in [1.54, 1.807) is 0 Å². The van der Waals surface area contributed by atoms with Crippen LogP contribution in [0.1, 0.15) is 71.4 Å². The van der Waals surface area contributed by atoms with Crippen LogP contribution in [0.5, 0.6) is 0 Å². The number of morpholine rings is 1. The van der Waals surface area contributed by atoms with E-state index in [0.29, 0.717) is 55.1 Å². The fourth-order valence-corrected chi connectivity index (χ4v) is 6.50. The van der Waals surface area contributed by atoms with Crippen LogP contribution in [0.3, 0.4) is 0 Å². The number of hydrogen-bond acceptors (Lipinski definition) is 9. The number of halogens is 9. The zero-order chi connectivity index (χ0) is 43.2. The Morgan fingerprint density at radius 2 is 1.45 bits per heavy atom. The molecule has 5 N–H and O–H groups in total. The number of carboxylic acids is 2. The van der Waals surface area contributed by atoms with Gasteiger partial charge < -0.3 is 35.4 Å². The Bertz CT molecular complexity index is 1910. The van der Waals surface area contributed by atoms with Crippen LogP contribution in [-0.4, -0.2) is 88.5 Å². The number of aliphatic carboxylic acids is 2. The standard InChI is InChI=1S/C30H28F9N5O3.C6H10O5/c1-2-27(40)21(14-22-23(44(27)26(45)46)3-4-24(42-22)30(37,38)39)25-17(12-20(15-41-25)43-5-7-47-8-6-43)9-16-10-18(28(31,32)33)13-19(11-16)29(34,35)36;7-5(8)1-3-11-4-2-6(9)10/h3-4,10-13,15,21H,2,5-9,14,40H2,1H3,(H,45,46);1-4H2,(H,7,8)(H,9,10). The minimum atomic E-state index is -5.11. The maximum Gasteiger partial charge on any atom is 0.433 e. The third-order valence-electron chi connectivity index (χ3n) is 9.31. The minimum absolute atomic E-state index is 0.00150. The van der Waals surface area contributed by atoms with Gasteiger partial charge in [0.25, 0.3) is 0 Å². The molecule has 1 saturated heterocycles. The average molecular weight is 840 g/mol. The number of nitrogens with zero attached hydrogens (tertiary/aromatic N) is 4. The van der Waals surface area contributed by atoms with Crippen LogP contribution in [-0.2, 0) is 50.4 Å². The van der Waals surface area contributed by atoms with Gasteiger partial charge in [-0.3, -0.25) is 19.5 Å². The van der Waals surface area contributed by atoms with Crippen LogP contribution in [0, 0.1) is 0 Å². The topological polar surface area (TPSA) is 189 Å². The molecule has 0 saturated carbocycles. The molecular weight excluding hydrogens is 801 g/mol. The number of pyridine rings is 2. The van der Waals surface area contributed by atoms with Crippen molar-refractivity contribution in [1.82, 2.24) is 9.97 Å². The number of aromatic nitrogens is 2. The van der Waals surface area contributed by atoms with E-state index < -0.39 is 71.4 Å². The molecule has 22 heteroatoms. The Balaban J connectivity index is 0.000000592. The molecule has 58 heavy (non-hydrogen) atoms. The van der Waals surface area contributed by atoms with E-state index in [0.717, 1.165) is 6.07 Å². The smallest absolute Gasteiger partial charge is 0.433 e. The summed E-state index contributed by atoms with van der Waals surface area (Å²) in [5.74, 6) is -3.10. The molecule has 2 aliphatic heterocycles. The van der Waals surface area contributed by atoms with Gasteiger partial charge >= 0.3 is 36.6 Å². The molecule has 2 aromatic heterocycles. The molecule has 2 aliphatic rings. The Labute approximate surface area is 324 Å². The lowest BCUT2D eigenvalue weighted by molar-refractivity contribution is -0.144. The van der Waals surface area contributed by atoms with Gasteiger partial charge in [0, 0.05) is 25.4 Å². The van der Waals surface area contributed by atoms with Gasteiger partial charge in [-0.25, -0.2) is 9.78 Å². The Morgan fingerprint density at radius 1 is 0.879 bits per heavy atom. The van der Waals surface area contributed by atoms with Crippen molar-refractivity contribution in [1.29, 1.82) is 0 Å². The Hall–Kier alpha value is -5.22. The quantitative estimate of drug-likeness (QED) is 0.117. The van der Waals surface area contributed by atoms with E-state index in [-0.39, 0.29) is 73.2 Å². The Kier molecular flexibility index (Phi) is 14.2. The predicted molar refractivity (Wildman–Crippen MR) is 185 cm³/mol. The van der Waals surface area contributed by atoms with Crippen molar-refractivity contribution in [3.05, 3.63) is 81.9 Å². The lowest BCUT2D eigenvalue weighted by Crippen LogP contribution is -2.64. The Morgan fingerprint density at radius 3 is 1.93 bits per heavy atom. The first kappa shape index (κ1) is 45.5. The highest BCUT2D eigenvalue weighted by molar-refractivity contribution is 5.89. The van der Waals surface area contributed by atoms with Crippen molar-refractivity contribution in [2.24, 2.45) is 5.73 Å². The molecule has 3 aromatic rings. The summed E-state index contributed by atoms with van der Waals surface area (Å²) in [6.07, 6.45) is -16.5. The second kappa shape index (κ2) is 18.1. The van der Waals surface area contributed by atoms with Gasteiger partial charge in [-0.1, -0.05) is 6.92 Å². The molecule has 1 fully saturated rings. The molecule has 0 aliphatic carbocycles. The normalized spacial score (nSPS) is 18.6. The predicted octanol–water partition coefficient (Wildman–Crippen LogP) is 6.80. The number of alkyl halides is 9. The molecule has 2 atom stereocenters. The monoisotopic (exact) mass is 839 g/mol. The number of carboxylic acid groups (broad SMARTS) is 3. The van der Waals surface area contributed by atoms with E-state index in [1.807, 2.05) is 4.90 Å². The van der Waals surface area contributed by atoms with E-state index >= 15 is 0 Å². The molecular formula is C36H38F9N5O8. The first-order chi connectivity index (χ1) is 26.9. The molecule has 1 aromatic carbocycles. The van der Waals surface area contributed by atoms with Crippen molar-refractivity contribution in [3.8, 4) is 0 Å². The summed E-state index contributed by atoms with van der Waals surface area (Å²) >= 11 is 0. The number of amides is 1. The van der Waals surface area contributed by atoms with Crippen molar-refractivity contribution in [2.45, 2.75) is 69.1 Å². The molecule has 318 valence electrons. The summed E-state index contributed by atoms with van der Waals surface area (Å²) in [6.45, 7) is 3.14. The number of benzene rings is 1. The third-order valence-corrected chi connectivity index (χ3v) is 9.31. The van der Waals surface area contributed by atoms with Crippen LogP contribution in [0.15, 0.2) is 42.6 Å². The van der Waals surface area contributed by atoms with Crippen LogP contribution in [0.25, 0.3) is 0 Å². The largest absolute Gasteiger partial charge is 0.481 e. The average Bonchev–Trinajstić information content (AvgIpc) is 3.13. The van der Waals surface area contributed by atoms with Crippen LogP contribution >= 0.6 is 0 Å². The van der Waals surface area contributed by atoms with Gasteiger partial charge in [-0.15, -0.1) is 0 Å². The molecule has 4 heterocycles. The fourth-order valence-electron chi connectivity index (χ4n) is 6.50. The zero-order valence-electron chi connectivity index (χ0n) is 30.5. The highest BCUT2D eigenvalue weighted by Crippen LogP contribution is 2.46. The summed E-state index contributed by atoms with van der Waals surface area (Å²) in [5, 5.41) is 26.5. The van der Waals surface area contributed by atoms with Gasteiger partial charge in [-0.05, 0) is 60.4 Å². The second-order valence-corrected chi connectivity index (χ2v) is 13.2. The number of hydrogen-bond donors (Lipinski definition) is 4. The summed E-state index contributed by atoms with van der Waals surface area (Å²) in [5.41, 5.74) is 0.263. The van der Waals surface area contributed by atoms with Gasteiger partial charge in [-0.2, -0.15) is 39.5 Å². The van der Waals surface area contributed by atoms with Crippen molar-refractivity contribution < 1.29 is 78.7 Å². The number of fused-ring (bicyclic) bond motifs is 1. The SMILES string of the molecule is CCC1(N)C(c2ncc(N3CCOCC3)cc2Cc2cc(C(F)(F)F)cc(C(F)(F)F)c2)Cc2nc(C(F)(F)F)ccc2N1C(=O)O.O=C(O)CCOCCC(=O)O. The zero-order valence-corrected chi connectivity index (χ0v) is 30.5. The highest BCUT2D eigenvalue weighted by atomic mass is 19.4. The molecule has 0 bridgehead atoms. The van der Waals surface area contributed by atoms with Gasteiger partial charge in [0.1, 0.15) is 11.4 Å². The van der Waals surface area contributed by atoms with Crippen molar-refractivity contribution in [3.63, 3.8) is 0 Å². The molecule has 2 unspecified atom stereocenters. The molecule has 0 radical (unpaired) electrons. The van der Waals surface area contributed by atoms with Crippen molar-refractivity contribution >= 4 is 29.4 Å². The summed E-state index contributed by atoms with van der Waals surface area (Å²) in [6, 6.07) is 4.24. The second-order valence-electron chi connectivity index (χ2n) is 13.2. The molecule has 5 rings (SSSR count). The summed E-state index contributed by atoms with van der Waals surface area (Å²) in [4.78, 5) is 43.1. The van der Waals surface area contributed by atoms with Gasteiger partial charge in [0.05, 0.1) is 79.4 Å². The van der Waals surface area contributed by atoms with Gasteiger partial charge in [0.2, 0.25) is 0 Å². The summed E-state index contributed by atoms with van der Waals surface area (Å²) in [7, 11) is 0.